The van der Waals surface area contributed by atoms with Crippen molar-refractivity contribution in [3.63, 3.8) is 0 Å². The minimum Gasteiger partial charge on any atom is -0.397 e. The highest BCUT2D eigenvalue weighted by Crippen LogP contribution is 2.26. The van der Waals surface area contributed by atoms with Crippen LogP contribution in [0.1, 0.15) is 11.1 Å². The van der Waals surface area contributed by atoms with Crippen LogP contribution in [0, 0.1) is 11.3 Å². The fraction of sp³-hybridized carbons (Fsp3) is 0. The van der Waals surface area contributed by atoms with Gasteiger partial charge in [-0.3, -0.25) is 4.98 Å². The molecule has 0 radical (unpaired) electrons. The number of hydrogen-bond donors (Lipinski definition) is 1. The number of aromatic nitrogens is 1. The van der Waals surface area contributed by atoms with Crippen molar-refractivity contribution in [3.8, 4) is 6.07 Å². The van der Waals surface area contributed by atoms with E-state index in [-0.39, 0.29) is 0 Å². The van der Waals surface area contributed by atoms with Crippen LogP contribution in [0.2, 0.25) is 10.0 Å². The topological polar surface area (TPSA) is 62.7 Å². The predicted octanol–water partition coefficient (Wildman–Crippen LogP) is 3.74. The number of allylic oxidation sites excluding steroid dienone is 1. The maximum atomic E-state index is 9.28. The predicted molar refractivity (Wildman–Crippen MR) is 77.3 cm³/mol. The highest BCUT2D eigenvalue weighted by atomic mass is 35.5. The van der Waals surface area contributed by atoms with Crippen molar-refractivity contribution >= 4 is 34.5 Å². The lowest BCUT2D eigenvalue weighted by Crippen LogP contribution is -2.01. The molecule has 0 atom stereocenters. The van der Waals surface area contributed by atoms with E-state index < -0.39 is 0 Å². The number of halogens is 2. The molecule has 0 spiro atoms. The number of nitriles is 1. The molecule has 0 bridgehead atoms. The Balaban J connectivity index is 2.59. The van der Waals surface area contributed by atoms with Gasteiger partial charge in [0.2, 0.25) is 0 Å². The first-order valence-electron chi connectivity index (χ1n) is 5.38. The van der Waals surface area contributed by atoms with Crippen LogP contribution in [0.5, 0.6) is 0 Å². The Morgan fingerprint density at radius 1 is 1.05 bits per heavy atom. The maximum absolute atomic E-state index is 9.28. The normalized spacial score (nSPS) is 11.6. The first-order chi connectivity index (χ1) is 9.11. The summed E-state index contributed by atoms with van der Waals surface area (Å²) in [6, 6.07) is 10.5. The fourth-order valence-corrected chi connectivity index (χ4v) is 2.18. The van der Waals surface area contributed by atoms with E-state index >= 15 is 0 Å². The molecule has 1 heterocycles. The van der Waals surface area contributed by atoms with E-state index in [9.17, 15) is 5.26 Å². The Morgan fingerprint density at radius 2 is 1.63 bits per heavy atom. The maximum Gasteiger partial charge on any atom is 0.102 e. The van der Waals surface area contributed by atoms with Gasteiger partial charge in [-0.1, -0.05) is 23.2 Å². The molecule has 94 valence electrons. The van der Waals surface area contributed by atoms with Crippen molar-refractivity contribution in [2.45, 2.75) is 0 Å². The SMILES string of the molecule is N#C/C(=C(/N)c1cc(Cl)cc(Cl)c1)c1ccncc1. The van der Waals surface area contributed by atoms with Crippen molar-refractivity contribution in [1.82, 2.24) is 4.98 Å². The average Bonchev–Trinajstić information content (AvgIpc) is 2.39. The van der Waals surface area contributed by atoms with Gasteiger partial charge in [-0.05, 0) is 35.9 Å². The van der Waals surface area contributed by atoms with Gasteiger partial charge >= 0.3 is 0 Å². The number of hydrogen-bond acceptors (Lipinski definition) is 3. The van der Waals surface area contributed by atoms with Crippen LogP contribution in [0.4, 0.5) is 0 Å². The molecule has 2 aromatic rings. The molecule has 0 saturated carbocycles. The van der Waals surface area contributed by atoms with Gasteiger partial charge in [0.15, 0.2) is 0 Å². The van der Waals surface area contributed by atoms with Crippen LogP contribution in [0.15, 0.2) is 42.7 Å². The second-order valence-electron chi connectivity index (χ2n) is 3.79. The zero-order valence-corrected chi connectivity index (χ0v) is 11.3. The molecule has 2 rings (SSSR count). The summed E-state index contributed by atoms with van der Waals surface area (Å²) in [5, 5.41) is 10.2. The van der Waals surface area contributed by atoms with Gasteiger partial charge in [0.05, 0.1) is 11.3 Å². The van der Waals surface area contributed by atoms with Gasteiger partial charge in [0.1, 0.15) is 6.07 Å². The highest BCUT2D eigenvalue weighted by Gasteiger charge is 2.09. The van der Waals surface area contributed by atoms with Crippen molar-refractivity contribution in [1.29, 1.82) is 5.26 Å². The third kappa shape index (κ3) is 3.05. The molecule has 0 amide bonds. The average molecular weight is 290 g/mol. The number of nitrogens with zero attached hydrogens (tertiary/aromatic N) is 2. The van der Waals surface area contributed by atoms with Crippen LogP contribution in [-0.4, -0.2) is 4.98 Å². The number of pyridine rings is 1. The van der Waals surface area contributed by atoms with Crippen molar-refractivity contribution in [3.05, 3.63) is 63.9 Å². The minimum absolute atomic E-state index is 0.332. The zero-order chi connectivity index (χ0) is 13.8. The smallest absolute Gasteiger partial charge is 0.102 e. The van der Waals surface area contributed by atoms with Crippen molar-refractivity contribution in [2.75, 3.05) is 0 Å². The summed E-state index contributed by atoms with van der Waals surface area (Å²) in [7, 11) is 0. The second-order valence-corrected chi connectivity index (χ2v) is 4.67. The molecule has 2 N–H and O–H groups in total. The molecule has 5 heteroatoms. The van der Waals surface area contributed by atoms with Gasteiger partial charge in [-0.25, -0.2) is 0 Å². The summed E-state index contributed by atoms with van der Waals surface area (Å²) in [5.41, 5.74) is 8.05. The Hall–Kier alpha value is -2.02. The molecule has 3 nitrogen and oxygen atoms in total. The van der Waals surface area contributed by atoms with Gasteiger partial charge < -0.3 is 5.73 Å². The molecular weight excluding hydrogens is 281 g/mol. The van der Waals surface area contributed by atoms with Crippen molar-refractivity contribution in [2.24, 2.45) is 5.73 Å². The first-order valence-corrected chi connectivity index (χ1v) is 6.14. The summed E-state index contributed by atoms with van der Waals surface area (Å²) in [5.74, 6) is 0. The summed E-state index contributed by atoms with van der Waals surface area (Å²) in [4.78, 5) is 3.91. The van der Waals surface area contributed by atoms with E-state index in [0.29, 0.717) is 32.4 Å². The lowest BCUT2D eigenvalue weighted by atomic mass is 10.0. The summed E-state index contributed by atoms with van der Waals surface area (Å²) >= 11 is 11.9. The van der Waals surface area contributed by atoms with Gasteiger partial charge in [-0.15, -0.1) is 0 Å². The lowest BCUT2D eigenvalue weighted by molar-refractivity contribution is 1.32. The van der Waals surface area contributed by atoms with Crippen molar-refractivity contribution < 1.29 is 0 Å². The van der Waals surface area contributed by atoms with Crippen LogP contribution in [0.25, 0.3) is 11.3 Å². The Labute approximate surface area is 120 Å². The van der Waals surface area contributed by atoms with Crippen LogP contribution in [0.3, 0.4) is 0 Å². The molecule has 0 unspecified atom stereocenters. The highest BCUT2D eigenvalue weighted by molar-refractivity contribution is 6.35. The van der Waals surface area contributed by atoms with Gasteiger partial charge in [0, 0.05) is 28.0 Å². The first kappa shape index (κ1) is 13.4. The molecule has 0 aliphatic carbocycles. The third-order valence-corrected chi connectivity index (χ3v) is 2.96. The Morgan fingerprint density at radius 3 is 2.16 bits per heavy atom. The quantitative estimate of drug-likeness (QED) is 0.857. The summed E-state index contributed by atoms with van der Waals surface area (Å²) < 4.78 is 0. The Bertz CT molecular complexity index is 653. The molecule has 1 aromatic carbocycles. The second kappa shape index (κ2) is 5.75. The van der Waals surface area contributed by atoms with E-state index in [1.165, 1.54) is 0 Å². The molecule has 19 heavy (non-hydrogen) atoms. The molecule has 0 fully saturated rings. The molecule has 0 aliphatic rings. The van der Waals surface area contributed by atoms with E-state index in [4.69, 9.17) is 28.9 Å². The van der Waals surface area contributed by atoms with E-state index in [1.807, 2.05) is 0 Å². The van der Waals surface area contributed by atoms with Crippen LogP contribution >= 0.6 is 23.2 Å². The zero-order valence-electron chi connectivity index (χ0n) is 9.77. The van der Waals surface area contributed by atoms with Crippen LogP contribution < -0.4 is 5.73 Å². The van der Waals surface area contributed by atoms with Gasteiger partial charge in [0.25, 0.3) is 0 Å². The summed E-state index contributed by atoms with van der Waals surface area (Å²) in [6.45, 7) is 0. The molecule has 0 aliphatic heterocycles. The summed E-state index contributed by atoms with van der Waals surface area (Å²) in [6.07, 6.45) is 3.20. The van der Waals surface area contributed by atoms with E-state index in [0.717, 1.165) is 0 Å². The monoisotopic (exact) mass is 289 g/mol. The number of rotatable bonds is 2. The lowest BCUT2D eigenvalue weighted by Gasteiger charge is -2.07. The number of nitrogens with two attached hydrogens (primary N) is 1. The van der Waals surface area contributed by atoms with Crippen LogP contribution in [-0.2, 0) is 0 Å². The standard InChI is InChI=1S/C14H9Cl2N3/c15-11-5-10(6-12(16)7-11)14(18)13(8-17)9-1-3-19-4-2-9/h1-7H,18H2/b14-13-. The number of benzene rings is 1. The fourth-order valence-electron chi connectivity index (χ4n) is 1.65. The largest absolute Gasteiger partial charge is 0.397 e. The van der Waals surface area contributed by atoms with E-state index in [2.05, 4.69) is 11.1 Å². The minimum atomic E-state index is 0.332. The van der Waals surface area contributed by atoms with E-state index in [1.54, 1.807) is 42.7 Å². The van der Waals surface area contributed by atoms with Gasteiger partial charge in [-0.2, -0.15) is 5.26 Å². The Kier molecular flexibility index (Phi) is 4.06. The molecule has 1 aromatic heterocycles. The molecular formula is C14H9Cl2N3. The third-order valence-electron chi connectivity index (χ3n) is 2.52. The molecule has 0 saturated heterocycles.